The molecule has 1 aromatic heterocycles. The molecule has 0 aliphatic carbocycles. The fourth-order valence-electron chi connectivity index (χ4n) is 0.635. The van der Waals surface area contributed by atoms with E-state index in [9.17, 15) is 4.57 Å². The molecule has 2 N–H and O–H groups in total. The highest BCUT2D eigenvalue weighted by atomic mass is 35.5. The minimum atomic E-state index is -4.09. The van der Waals surface area contributed by atoms with Gasteiger partial charge in [-0.25, -0.2) is 9.97 Å². The largest absolute Gasteiger partial charge is 0.333 e. The Morgan fingerprint density at radius 3 is 2.75 bits per heavy atom. The number of nitrogens with zero attached hydrogens (tertiary/aromatic N) is 2. The predicted molar refractivity (Wildman–Crippen MR) is 42.8 cm³/mol. The molecule has 7 heteroatoms. The lowest BCUT2D eigenvalue weighted by Crippen LogP contribution is -1.94. The Bertz CT molecular complexity index is 326. The molecular formula is C5H6ClN2O3P. The van der Waals surface area contributed by atoms with Crippen LogP contribution < -0.4 is 0 Å². The summed E-state index contributed by atoms with van der Waals surface area (Å²) in [6.45, 7) is 0. The van der Waals surface area contributed by atoms with Crippen LogP contribution in [0.1, 0.15) is 5.82 Å². The maximum absolute atomic E-state index is 10.5. The molecule has 0 aliphatic heterocycles. The quantitative estimate of drug-likeness (QED) is 0.555. The minimum Gasteiger partial charge on any atom is -0.324 e. The molecule has 66 valence electrons. The van der Waals surface area contributed by atoms with E-state index in [0.717, 1.165) is 0 Å². The van der Waals surface area contributed by atoms with Crippen LogP contribution in [-0.2, 0) is 10.7 Å². The van der Waals surface area contributed by atoms with E-state index in [1.54, 1.807) is 0 Å². The van der Waals surface area contributed by atoms with Gasteiger partial charge in [-0.1, -0.05) is 11.6 Å². The molecule has 12 heavy (non-hydrogen) atoms. The Morgan fingerprint density at radius 1 is 1.58 bits per heavy atom. The molecule has 0 radical (unpaired) electrons. The summed E-state index contributed by atoms with van der Waals surface area (Å²) in [5.41, 5.74) is 0. The third kappa shape index (κ3) is 3.28. The molecule has 0 spiro atoms. The fourth-order valence-corrected chi connectivity index (χ4v) is 1.31. The van der Waals surface area contributed by atoms with Gasteiger partial charge in [0, 0.05) is 6.20 Å². The van der Waals surface area contributed by atoms with Crippen molar-refractivity contribution in [2.24, 2.45) is 0 Å². The van der Waals surface area contributed by atoms with Crippen molar-refractivity contribution in [1.82, 2.24) is 9.97 Å². The van der Waals surface area contributed by atoms with E-state index in [1.807, 2.05) is 0 Å². The number of hydrogen-bond acceptors (Lipinski definition) is 3. The molecule has 1 aromatic rings. The number of halogens is 1. The van der Waals surface area contributed by atoms with Crippen LogP contribution in [0.4, 0.5) is 0 Å². The van der Waals surface area contributed by atoms with Crippen LogP contribution in [0.3, 0.4) is 0 Å². The number of rotatable bonds is 2. The molecule has 1 rings (SSSR count). The van der Waals surface area contributed by atoms with Crippen molar-refractivity contribution in [3.63, 3.8) is 0 Å². The zero-order chi connectivity index (χ0) is 9.19. The molecule has 5 nitrogen and oxygen atoms in total. The van der Waals surface area contributed by atoms with Gasteiger partial charge in [0.1, 0.15) is 17.1 Å². The molecule has 0 unspecified atom stereocenters. The standard InChI is InChI=1S/C5H6ClN2O3P/c6-4-1-2-7-5(8-4)3-12(9,10)11/h1-2H,3H2,(H2,9,10,11). The third-order valence-corrected chi connectivity index (χ3v) is 1.92. The maximum atomic E-state index is 10.5. The van der Waals surface area contributed by atoms with E-state index in [4.69, 9.17) is 21.4 Å². The highest BCUT2D eigenvalue weighted by molar-refractivity contribution is 7.50. The predicted octanol–water partition coefficient (Wildman–Crippen LogP) is 0.808. The van der Waals surface area contributed by atoms with Crippen LogP contribution in [0, 0.1) is 0 Å². The molecule has 0 amide bonds. The summed E-state index contributed by atoms with van der Waals surface area (Å²) < 4.78 is 10.5. The average Bonchev–Trinajstić information content (AvgIpc) is 1.82. The average molecular weight is 209 g/mol. The van der Waals surface area contributed by atoms with Crippen LogP contribution in [-0.4, -0.2) is 19.8 Å². The van der Waals surface area contributed by atoms with E-state index < -0.39 is 13.8 Å². The lowest BCUT2D eigenvalue weighted by atomic mass is 10.6. The van der Waals surface area contributed by atoms with Crippen molar-refractivity contribution in [1.29, 1.82) is 0 Å². The summed E-state index contributed by atoms with van der Waals surface area (Å²) in [6.07, 6.45) is 0.869. The first-order valence-corrected chi connectivity index (χ1v) is 5.17. The van der Waals surface area contributed by atoms with Crippen LogP contribution in [0.15, 0.2) is 12.3 Å². The smallest absolute Gasteiger partial charge is 0.324 e. The SMILES string of the molecule is O=P(O)(O)Cc1nccc(Cl)n1. The first-order valence-electron chi connectivity index (χ1n) is 2.99. The summed E-state index contributed by atoms with van der Waals surface area (Å²) >= 11 is 5.47. The van der Waals surface area contributed by atoms with E-state index in [2.05, 4.69) is 9.97 Å². The summed E-state index contributed by atoms with van der Waals surface area (Å²) in [5.74, 6) is 0.0517. The Hall–Kier alpha value is -0.480. The summed E-state index contributed by atoms with van der Waals surface area (Å²) in [7, 11) is -4.09. The Labute approximate surface area is 73.6 Å². The second-order valence-corrected chi connectivity index (χ2v) is 4.15. The molecule has 0 atom stereocenters. The molecule has 0 fully saturated rings. The van der Waals surface area contributed by atoms with Crippen LogP contribution in [0.5, 0.6) is 0 Å². The molecular weight excluding hydrogens is 202 g/mol. The van der Waals surface area contributed by atoms with Crippen molar-refractivity contribution in [2.45, 2.75) is 6.16 Å². The van der Waals surface area contributed by atoms with Gasteiger partial charge in [0.05, 0.1) is 0 Å². The van der Waals surface area contributed by atoms with Crippen molar-refractivity contribution >= 4 is 19.2 Å². The Morgan fingerprint density at radius 2 is 2.25 bits per heavy atom. The van der Waals surface area contributed by atoms with E-state index >= 15 is 0 Å². The summed E-state index contributed by atoms with van der Waals surface area (Å²) in [6, 6.07) is 1.44. The van der Waals surface area contributed by atoms with Gasteiger partial charge in [-0.05, 0) is 6.07 Å². The van der Waals surface area contributed by atoms with E-state index in [1.165, 1.54) is 12.3 Å². The van der Waals surface area contributed by atoms with E-state index in [0.29, 0.717) is 0 Å². The van der Waals surface area contributed by atoms with Crippen molar-refractivity contribution in [3.8, 4) is 0 Å². The summed E-state index contributed by atoms with van der Waals surface area (Å²) in [4.78, 5) is 24.4. The van der Waals surface area contributed by atoms with Crippen molar-refractivity contribution in [2.75, 3.05) is 0 Å². The van der Waals surface area contributed by atoms with Crippen molar-refractivity contribution < 1.29 is 14.4 Å². The molecule has 0 saturated heterocycles. The third-order valence-electron chi connectivity index (χ3n) is 1.02. The lowest BCUT2D eigenvalue weighted by Gasteiger charge is -2.01. The molecule has 0 aromatic carbocycles. The highest BCUT2D eigenvalue weighted by Gasteiger charge is 2.15. The Kier molecular flexibility index (Phi) is 2.80. The maximum Gasteiger partial charge on any atom is 0.333 e. The first-order chi connectivity index (χ1) is 5.47. The normalized spacial score (nSPS) is 11.6. The van der Waals surface area contributed by atoms with Crippen molar-refractivity contribution in [3.05, 3.63) is 23.2 Å². The monoisotopic (exact) mass is 208 g/mol. The summed E-state index contributed by atoms with van der Waals surface area (Å²) in [5, 5.41) is 0.174. The van der Waals surface area contributed by atoms with Gasteiger partial charge < -0.3 is 9.79 Å². The first kappa shape index (κ1) is 9.61. The molecule has 0 bridgehead atoms. The minimum absolute atomic E-state index is 0.0517. The van der Waals surface area contributed by atoms with Gasteiger partial charge in [0.2, 0.25) is 0 Å². The fraction of sp³-hybridized carbons (Fsp3) is 0.200. The van der Waals surface area contributed by atoms with E-state index in [-0.39, 0.29) is 11.0 Å². The molecule has 0 aliphatic rings. The van der Waals surface area contributed by atoms with Gasteiger partial charge in [0.15, 0.2) is 0 Å². The van der Waals surface area contributed by atoms with Gasteiger partial charge in [-0.2, -0.15) is 0 Å². The number of aromatic nitrogens is 2. The van der Waals surface area contributed by atoms with Crippen LogP contribution in [0.25, 0.3) is 0 Å². The second-order valence-electron chi connectivity index (χ2n) is 2.12. The second kappa shape index (κ2) is 3.49. The van der Waals surface area contributed by atoms with Crippen LogP contribution >= 0.6 is 19.2 Å². The topological polar surface area (TPSA) is 83.3 Å². The number of hydrogen-bond donors (Lipinski definition) is 2. The van der Waals surface area contributed by atoms with Gasteiger partial charge >= 0.3 is 7.60 Å². The van der Waals surface area contributed by atoms with Gasteiger partial charge in [0.25, 0.3) is 0 Å². The zero-order valence-electron chi connectivity index (χ0n) is 5.88. The van der Waals surface area contributed by atoms with Gasteiger partial charge in [-0.3, -0.25) is 4.57 Å². The Balaban J connectivity index is 2.84. The molecule has 1 heterocycles. The van der Waals surface area contributed by atoms with Gasteiger partial charge in [-0.15, -0.1) is 0 Å². The lowest BCUT2D eigenvalue weighted by molar-refractivity contribution is 0.370. The molecule has 0 saturated carbocycles. The van der Waals surface area contributed by atoms with Crippen LogP contribution in [0.2, 0.25) is 5.15 Å². The highest BCUT2D eigenvalue weighted by Crippen LogP contribution is 2.37. The zero-order valence-corrected chi connectivity index (χ0v) is 7.53.